The van der Waals surface area contributed by atoms with Gasteiger partial charge in [0, 0.05) is 22.6 Å². The van der Waals surface area contributed by atoms with Gasteiger partial charge in [0.05, 0.1) is 17.5 Å². The number of hydrogen-bond acceptors (Lipinski definition) is 3. The van der Waals surface area contributed by atoms with Crippen LogP contribution >= 0.6 is 15.9 Å². The lowest BCUT2D eigenvalue weighted by Crippen LogP contribution is -2.45. The first-order valence-corrected chi connectivity index (χ1v) is 11.8. The van der Waals surface area contributed by atoms with Crippen molar-refractivity contribution in [2.45, 2.75) is 59.0 Å². The molecule has 144 valence electrons. The van der Waals surface area contributed by atoms with E-state index in [0.29, 0.717) is 23.7 Å². The van der Waals surface area contributed by atoms with Crippen molar-refractivity contribution in [1.29, 1.82) is 0 Å². The van der Waals surface area contributed by atoms with Crippen LogP contribution in [0, 0.1) is 17.3 Å². The molecule has 5 heteroatoms. The van der Waals surface area contributed by atoms with E-state index in [1.54, 1.807) is 0 Å². The van der Waals surface area contributed by atoms with Crippen molar-refractivity contribution in [2.75, 3.05) is 12.9 Å². The Morgan fingerprint density at radius 2 is 2.00 bits per heavy atom. The second kappa shape index (κ2) is 8.34. The van der Waals surface area contributed by atoms with E-state index in [4.69, 9.17) is 9.13 Å². The average molecular weight is 440 g/mol. The lowest BCUT2D eigenvalue weighted by atomic mass is 9.63. The van der Waals surface area contributed by atoms with E-state index in [0.717, 1.165) is 42.3 Å². The van der Waals surface area contributed by atoms with Gasteiger partial charge in [0.1, 0.15) is 11.5 Å². The van der Waals surface area contributed by atoms with E-state index in [1.807, 2.05) is 7.11 Å². The smallest absolute Gasteiger partial charge is 0.133 e. The second-order valence-electron chi connectivity index (χ2n) is 8.14. The Morgan fingerprint density at radius 3 is 2.62 bits per heavy atom. The first-order chi connectivity index (χ1) is 12.4. The van der Waals surface area contributed by atoms with Gasteiger partial charge in [-0.3, -0.25) is 0 Å². The Balaban J connectivity index is 2.00. The third kappa shape index (κ3) is 3.91. The maximum absolute atomic E-state index is 12.6. The largest absolute Gasteiger partial charge is 0.591 e. The molecule has 1 saturated carbocycles. The maximum Gasteiger partial charge on any atom is 0.133 e. The van der Waals surface area contributed by atoms with Gasteiger partial charge < -0.3 is 9.29 Å². The van der Waals surface area contributed by atoms with Gasteiger partial charge in [0.15, 0.2) is 0 Å². The number of ether oxygens (including phenoxy) is 1. The minimum absolute atomic E-state index is 0.00113. The summed E-state index contributed by atoms with van der Waals surface area (Å²) in [7, 11) is 1.82. The van der Waals surface area contributed by atoms with Crippen molar-refractivity contribution in [3.63, 3.8) is 0 Å². The third-order valence-corrected chi connectivity index (χ3v) is 7.56. The van der Waals surface area contributed by atoms with Gasteiger partial charge in [0.2, 0.25) is 0 Å². The summed E-state index contributed by atoms with van der Waals surface area (Å²) in [6.07, 6.45) is 5.40. The van der Waals surface area contributed by atoms with Crippen LogP contribution < -0.4 is 0 Å². The highest BCUT2D eigenvalue weighted by Crippen LogP contribution is 2.52. The normalized spacial score (nSPS) is 33.6. The zero-order chi connectivity index (χ0) is 18.9. The molecule has 0 bridgehead atoms. The van der Waals surface area contributed by atoms with Crippen LogP contribution in [0.25, 0.3) is 0 Å². The predicted octanol–water partition coefficient (Wildman–Crippen LogP) is 5.33. The summed E-state index contributed by atoms with van der Waals surface area (Å²) in [5.74, 6) is 1.59. The number of nitrogens with zero attached hydrogens (tertiary/aromatic N) is 1. The summed E-state index contributed by atoms with van der Waals surface area (Å²) < 4.78 is 24.3. The van der Waals surface area contributed by atoms with Crippen molar-refractivity contribution in [2.24, 2.45) is 21.6 Å². The Bertz CT molecular complexity index is 666. The van der Waals surface area contributed by atoms with Gasteiger partial charge >= 0.3 is 0 Å². The maximum atomic E-state index is 12.6. The molecule has 1 aromatic carbocycles. The Hall–Kier alpha value is -0.360. The molecule has 0 saturated heterocycles. The summed E-state index contributed by atoms with van der Waals surface area (Å²) in [6.45, 7) is 6.70. The molecule has 1 aromatic rings. The molecule has 1 spiro atoms. The summed E-state index contributed by atoms with van der Waals surface area (Å²) in [4.78, 5) is 0. The molecule has 0 aromatic heterocycles. The highest BCUT2D eigenvalue weighted by Gasteiger charge is 2.51. The molecule has 2 aliphatic carbocycles. The highest BCUT2D eigenvalue weighted by atomic mass is 79.9. The molecule has 3 nitrogen and oxygen atoms in total. The molecule has 0 aliphatic heterocycles. The van der Waals surface area contributed by atoms with E-state index < -0.39 is 11.4 Å². The summed E-state index contributed by atoms with van der Waals surface area (Å²) in [6, 6.07) is 6.48. The van der Waals surface area contributed by atoms with Crippen LogP contribution in [0.5, 0.6) is 0 Å². The van der Waals surface area contributed by atoms with E-state index in [-0.39, 0.29) is 5.41 Å². The second-order valence-corrected chi connectivity index (χ2v) is 10.3. The van der Waals surface area contributed by atoms with Gasteiger partial charge in [-0.1, -0.05) is 53.6 Å². The van der Waals surface area contributed by atoms with E-state index in [2.05, 4.69) is 54.9 Å². The Kier molecular flexibility index (Phi) is 6.53. The van der Waals surface area contributed by atoms with Crippen LogP contribution in [-0.4, -0.2) is 29.2 Å². The van der Waals surface area contributed by atoms with E-state index in [9.17, 15) is 4.55 Å². The summed E-state index contributed by atoms with van der Waals surface area (Å²) >= 11 is 2.46. The topological polar surface area (TPSA) is 44.7 Å². The molecule has 3 rings (SSSR count). The van der Waals surface area contributed by atoms with E-state index >= 15 is 0 Å². The molecular formula is C21H30BrNO2S. The fraction of sp³-hybridized carbons (Fsp3) is 0.667. The lowest BCUT2D eigenvalue weighted by Gasteiger charge is -2.44. The van der Waals surface area contributed by atoms with Crippen LogP contribution in [0.1, 0.15) is 57.6 Å². The fourth-order valence-corrected chi connectivity index (χ4v) is 6.61. The highest BCUT2D eigenvalue weighted by molar-refractivity contribution is 9.10. The molecule has 0 heterocycles. The molecule has 1 fully saturated rings. The molecule has 0 radical (unpaired) electrons. The van der Waals surface area contributed by atoms with Gasteiger partial charge in [-0.2, -0.15) is 0 Å². The number of halogens is 1. The molecular weight excluding hydrogens is 410 g/mol. The molecule has 5 atom stereocenters. The summed E-state index contributed by atoms with van der Waals surface area (Å²) in [5.41, 5.74) is 3.62. The van der Waals surface area contributed by atoms with Crippen LogP contribution in [-0.2, 0) is 22.5 Å². The number of fused-ring (bicyclic) bond motifs is 1. The van der Waals surface area contributed by atoms with Crippen LogP contribution in [0.2, 0.25) is 0 Å². The zero-order valence-electron chi connectivity index (χ0n) is 16.3. The van der Waals surface area contributed by atoms with Crippen molar-refractivity contribution in [3.05, 3.63) is 33.8 Å². The molecule has 26 heavy (non-hydrogen) atoms. The van der Waals surface area contributed by atoms with Crippen molar-refractivity contribution >= 4 is 33.0 Å². The number of unbranched alkanes of at least 4 members (excludes halogenated alkanes) is 1. The number of hydrogen-bond donors (Lipinski definition) is 0. The zero-order valence-corrected chi connectivity index (χ0v) is 18.7. The molecule has 2 aliphatic rings. The minimum Gasteiger partial charge on any atom is -0.591 e. The minimum atomic E-state index is -1.14. The quantitative estimate of drug-likeness (QED) is 0.582. The fourth-order valence-electron chi connectivity index (χ4n) is 5.13. The van der Waals surface area contributed by atoms with Crippen molar-refractivity contribution < 1.29 is 9.29 Å². The number of methoxy groups -OCH3 is 1. The molecule has 0 N–H and O–H groups in total. The van der Waals surface area contributed by atoms with Crippen molar-refractivity contribution in [1.82, 2.24) is 0 Å². The average Bonchev–Trinajstić information content (AvgIpc) is 2.85. The monoisotopic (exact) mass is 439 g/mol. The SMILES string of the molecule is CCCC[S@+]([O-])/N=C1\c2cc(Br)ccc2C[C@@]12C[C@@H](C)[C@H](OC)[C@@H](C)C2. The van der Waals surface area contributed by atoms with Crippen LogP contribution in [0.15, 0.2) is 27.1 Å². The van der Waals surface area contributed by atoms with Gasteiger partial charge in [-0.15, -0.1) is 0 Å². The summed E-state index contributed by atoms with van der Waals surface area (Å²) in [5, 5.41) is 0. The van der Waals surface area contributed by atoms with Crippen LogP contribution in [0.4, 0.5) is 0 Å². The first-order valence-electron chi connectivity index (χ1n) is 9.69. The van der Waals surface area contributed by atoms with Gasteiger partial charge in [-0.05, 0) is 55.2 Å². The van der Waals surface area contributed by atoms with Gasteiger partial charge in [-0.25, -0.2) is 0 Å². The number of benzene rings is 1. The molecule has 0 amide bonds. The van der Waals surface area contributed by atoms with E-state index in [1.165, 1.54) is 11.1 Å². The first kappa shape index (κ1) is 20.4. The Morgan fingerprint density at radius 1 is 1.31 bits per heavy atom. The lowest BCUT2D eigenvalue weighted by molar-refractivity contribution is -0.0342. The van der Waals surface area contributed by atoms with Gasteiger partial charge in [0.25, 0.3) is 0 Å². The standard InChI is InChI=1S/C21H30BrNO2S/c1-5-6-9-26(24)23-20-18-10-17(22)8-7-16(18)13-21(20)11-14(2)19(25-4)15(3)12-21/h7-8,10,14-15,19H,5-6,9,11-13H2,1-4H3/b23-20+/t14-,15+,19+,21+,26-/m0/s1. The van der Waals surface area contributed by atoms with Crippen LogP contribution in [0.3, 0.4) is 0 Å². The predicted molar refractivity (Wildman–Crippen MR) is 113 cm³/mol. The van der Waals surface area contributed by atoms with Crippen molar-refractivity contribution in [3.8, 4) is 0 Å². The third-order valence-electron chi connectivity index (χ3n) is 6.04. The number of rotatable bonds is 5. The molecule has 0 unspecified atom stereocenters. The Labute approximate surface area is 169 Å².